The van der Waals surface area contributed by atoms with Gasteiger partial charge in [-0.2, -0.15) is 0 Å². The van der Waals surface area contributed by atoms with Crippen molar-refractivity contribution in [1.82, 2.24) is 19.6 Å². The molecule has 0 spiro atoms. The van der Waals surface area contributed by atoms with Crippen molar-refractivity contribution in [2.45, 2.75) is 46.6 Å². The van der Waals surface area contributed by atoms with Crippen molar-refractivity contribution in [3.63, 3.8) is 0 Å². The Morgan fingerprint density at radius 3 is 2.78 bits per heavy atom. The van der Waals surface area contributed by atoms with E-state index in [1.165, 1.54) is 29.0 Å². The van der Waals surface area contributed by atoms with Crippen molar-refractivity contribution >= 4 is 32.9 Å². The fourth-order valence-corrected chi connectivity index (χ4v) is 6.07. The first-order chi connectivity index (χ1) is 17.3. The molecule has 0 bridgehead atoms. The molecule has 0 unspecified atom stereocenters. The van der Waals surface area contributed by atoms with Gasteiger partial charge >= 0.3 is 0 Å². The molecule has 0 saturated carbocycles. The summed E-state index contributed by atoms with van der Waals surface area (Å²) in [5.41, 5.74) is 2.48. The number of thiophene rings is 1. The van der Waals surface area contributed by atoms with Crippen molar-refractivity contribution < 1.29 is 14.1 Å². The van der Waals surface area contributed by atoms with Gasteiger partial charge in [-0.05, 0) is 60.4 Å². The Morgan fingerprint density at radius 2 is 2.03 bits per heavy atom. The second-order valence-electron chi connectivity index (χ2n) is 10.2. The summed E-state index contributed by atoms with van der Waals surface area (Å²) in [5.74, 6) is 2.83. The molecule has 1 aliphatic rings. The molecule has 36 heavy (non-hydrogen) atoms. The van der Waals surface area contributed by atoms with Crippen LogP contribution in [-0.2, 0) is 19.4 Å². The number of nitrogens with zero attached hydrogens (tertiary/aromatic N) is 5. The van der Waals surface area contributed by atoms with E-state index in [9.17, 15) is 10.1 Å². The number of nitro groups is 1. The highest BCUT2D eigenvalue weighted by Crippen LogP contribution is 2.43. The highest BCUT2D eigenvalue weighted by atomic mass is 32.1. The van der Waals surface area contributed by atoms with E-state index >= 15 is 0 Å². The van der Waals surface area contributed by atoms with Gasteiger partial charge in [-0.1, -0.05) is 20.8 Å². The smallest absolute Gasteiger partial charge is 0.269 e. The number of aromatic nitrogens is 4. The lowest BCUT2D eigenvalue weighted by atomic mass is 9.72. The molecule has 9 nitrogen and oxygen atoms in total. The first kappa shape index (κ1) is 22.7. The molecular formula is C26H25N5O4S. The first-order valence-corrected chi connectivity index (χ1v) is 12.7. The molecule has 184 valence electrons. The number of rotatable bonds is 5. The Hall–Kier alpha value is -3.79. The van der Waals surface area contributed by atoms with Crippen LogP contribution < -0.4 is 4.74 Å². The van der Waals surface area contributed by atoms with E-state index < -0.39 is 4.92 Å². The van der Waals surface area contributed by atoms with E-state index in [1.54, 1.807) is 34.3 Å². The third-order valence-corrected chi connectivity index (χ3v) is 8.08. The number of aryl methyl sites for hydroxylation is 1. The zero-order chi connectivity index (χ0) is 25.0. The van der Waals surface area contributed by atoms with E-state index in [0.29, 0.717) is 29.0 Å². The van der Waals surface area contributed by atoms with Gasteiger partial charge in [0.1, 0.15) is 29.3 Å². The fourth-order valence-electron chi connectivity index (χ4n) is 4.81. The van der Waals surface area contributed by atoms with Crippen LogP contribution in [0, 0.1) is 21.4 Å². The Bertz CT molecular complexity index is 1590. The van der Waals surface area contributed by atoms with Crippen molar-refractivity contribution in [3.8, 4) is 17.3 Å². The summed E-state index contributed by atoms with van der Waals surface area (Å²) in [6, 6.07) is 9.59. The van der Waals surface area contributed by atoms with Gasteiger partial charge in [0, 0.05) is 17.0 Å². The van der Waals surface area contributed by atoms with Gasteiger partial charge in [-0.25, -0.2) is 14.5 Å². The summed E-state index contributed by atoms with van der Waals surface area (Å²) < 4.78 is 13.4. The van der Waals surface area contributed by atoms with Crippen LogP contribution in [0.25, 0.3) is 27.4 Å². The number of benzene rings is 1. The van der Waals surface area contributed by atoms with Crippen LogP contribution in [0.5, 0.6) is 5.75 Å². The molecule has 1 atom stereocenters. The number of furan rings is 1. The lowest BCUT2D eigenvalue weighted by molar-refractivity contribution is -0.384. The van der Waals surface area contributed by atoms with Crippen molar-refractivity contribution in [3.05, 3.63) is 69.0 Å². The average Bonchev–Trinajstić information content (AvgIpc) is 3.57. The van der Waals surface area contributed by atoms with Crippen molar-refractivity contribution in [2.24, 2.45) is 11.3 Å². The molecule has 10 heteroatoms. The van der Waals surface area contributed by atoms with Crippen LogP contribution in [0.15, 0.2) is 47.1 Å². The molecule has 0 N–H and O–H groups in total. The zero-order valence-electron chi connectivity index (χ0n) is 20.2. The lowest BCUT2D eigenvalue weighted by Crippen LogP contribution is -2.26. The van der Waals surface area contributed by atoms with Crippen LogP contribution in [0.2, 0.25) is 0 Å². The molecule has 1 aromatic carbocycles. The summed E-state index contributed by atoms with van der Waals surface area (Å²) in [6.07, 6.45) is 5.01. The standard InChI is InChI=1S/C26H25N5O4S/c1-26(2,3)15-4-10-19-21(12-15)36-25-22(19)24-28-23(29-30(24)14-27-25)20-11-9-18(35-20)13-34-17-7-5-16(6-8-17)31(32)33/h5-9,11,14-15H,4,10,12-13H2,1-3H3/t15-/m1/s1. The molecule has 4 heterocycles. The molecule has 0 saturated heterocycles. The number of hydrogen-bond acceptors (Lipinski definition) is 8. The molecule has 0 aliphatic heterocycles. The number of hydrogen-bond donors (Lipinski definition) is 0. The summed E-state index contributed by atoms with van der Waals surface area (Å²) in [4.78, 5) is 22.3. The van der Waals surface area contributed by atoms with Crippen LogP contribution in [0.1, 0.15) is 43.4 Å². The van der Waals surface area contributed by atoms with E-state index in [-0.39, 0.29) is 17.7 Å². The molecule has 0 radical (unpaired) electrons. The van der Waals surface area contributed by atoms with E-state index in [1.807, 2.05) is 12.1 Å². The normalized spacial score (nSPS) is 15.9. The van der Waals surface area contributed by atoms with E-state index in [2.05, 4.69) is 30.9 Å². The van der Waals surface area contributed by atoms with Crippen LogP contribution >= 0.6 is 11.3 Å². The minimum atomic E-state index is -0.442. The van der Waals surface area contributed by atoms with Gasteiger partial charge in [-0.15, -0.1) is 16.4 Å². The molecular weight excluding hydrogens is 478 g/mol. The third kappa shape index (κ3) is 4.01. The highest BCUT2D eigenvalue weighted by molar-refractivity contribution is 7.19. The predicted molar refractivity (Wildman–Crippen MR) is 136 cm³/mol. The largest absolute Gasteiger partial charge is 0.486 e. The quantitative estimate of drug-likeness (QED) is 0.206. The van der Waals surface area contributed by atoms with Gasteiger partial charge in [-0.3, -0.25) is 10.1 Å². The Morgan fingerprint density at radius 1 is 1.22 bits per heavy atom. The lowest BCUT2D eigenvalue weighted by Gasteiger charge is -2.33. The molecule has 0 amide bonds. The van der Waals surface area contributed by atoms with Crippen molar-refractivity contribution in [1.29, 1.82) is 0 Å². The van der Waals surface area contributed by atoms with Crippen LogP contribution in [0.3, 0.4) is 0 Å². The molecule has 6 rings (SSSR count). The maximum Gasteiger partial charge on any atom is 0.269 e. The third-order valence-electron chi connectivity index (χ3n) is 6.92. The number of fused-ring (bicyclic) bond motifs is 5. The number of non-ortho nitro benzene ring substituents is 1. The summed E-state index contributed by atoms with van der Waals surface area (Å²) in [5, 5.41) is 16.5. The first-order valence-electron chi connectivity index (χ1n) is 11.9. The molecule has 1 aliphatic carbocycles. The molecule has 5 aromatic rings. The van der Waals surface area contributed by atoms with Gasteiger partial charge in [0.25, 0.3) is 5.69 Å². The second kappa shape index (κ2) is 8.41. The van der Waals surface area contributed by atoms with Gasteiger partial charge in [0.05, 0.1) is 10.3 Å². The molecule has 0 fully saturated rings. The summed E-state index contributed by atoms with van der Waals surface area (Å²) >= 11 is 1.78. The number of nitro benzene ring substituents is 1. The highest BCUT2D eigenvalue weighted by Gasteiger charge is 2.32. The second-order valence-corrected chi connectivity index (χ2v) is 11.3. The maximum atomic E-state index is 10.8. The summed E-state index contributed by atoms with van der Waals surface area (Å²) in [7, 11) is 0. The summed E-state index contributed by atoms with van der Waals surface area (Å²) in [6.45, 7) is 7.16. The molecule has 4 aromatic heterocycles. The topological polar surface area (TPSA) is 109 Å². The van der Waals surface area contributed by atoms with E-state index in [0.717, 1.165) is 28.7 Å². The van der Waals surface area contributed by atoms with E-state index in [4.69, 9.17) is 14.1 Å². The minimum absolute atomic E-state index is 0.0186. The zero-order valence-corrected chi connectivity index (χ0v) is 21.0. The van der Waals surface area contributed by atoms with Gasteiger partial charge in [0.15, 0.2) is 11.4 Å². The fraction of sp³-hybridized carbons (Fsp3) is 0.346. The van der Waals surface area contributed by atoms with Crippen molar-refractivity contribution in [2.75, 3.05) is 0 Å². The van der Waals surface area contributed by atoms with Gasteiger partial charge < -0.3 is 9.15 Å². The predicted octanol–water partition coefficient (Wildman–Crippen LogP) is 6.24. The van der Waals surface area contributed by atoms with Gasteiger partial charge in [0.2, 0.25) is 5.82 Å². The average molecular weight is 504 g/mol. The Kier molecular flexibility index (Phi) is 5.29. The number of ether oxygens (including phenoxy) is 1. The van der Waals surface area contributed by atoms with Crippen LogP contribution in [0.4, 0.5) is 5.69 Å². The Labute approximate surface area is 210 Å². The maximum absolute atomic E-state index is 10.8. The minimum Gasteiger partial charge on any atom is -0.486 e. The Balaban J connectivity index is 1.25. The van der Waals surface area contributed by atoms with Crippen LogP contribution in [-0.4, -0.2) is 24.5 Å². The SMILES string of the molecule is CC(C)(C)[C@@H]1CCc2c(sc3ncn4nc(-c5ccc(COc6ccc([N+](=O)[O-])cc6)o5)nc4c23)C1. The monoisotopic (exact) mass is 503 g/mol.